The van der Waals surface area contributed by atoms with Crippen LogP contribution in [-0.2, 0) is 4.74 Å². The number of epoxide rings is 1. The Bertz CT molecular complexity index is 324. The minimum atomic E-state index is 0.159. The summed E-state index contributed by atoms with van der Waals surface area (Å²) in [5.41, 5.74) is 1.91. The summed E-state index contributed by atoms with van der Waals surface area (Å²) in [4.78, 5) is 0. The van der Waals surface area contributed by atoms with E-state index in [9.17, 15) is 0 Å². The Labute approximate surface area is 99.6 Å². The maximum atomic E-state index is 5.88. The van der Waals surface area contributed by atoms with E-state index in [2.05, 4.69) is 45.9 Å². The van der Waals surface area contributed by atoms with Gasteiger partial charge in [0.05, 0.1) is 11.7 Å². The minimum Gasteiger partial charge on any atom is -0.366 e. The van der Waals surface area contributed by atoms with Crippen LogP contribution in [0, 0.1) is 5.41 Å². The highest BCUT2D eigenvalue weighted by molar-refractivity contribution is 5.12. The first kappa shape index (κ1) is 11.9. The standard InChI is InChI=1S/C15H24O/c1-12-7-5-9-14(2,3)11-13-15(4,16-13)10-6-8-12/h5,8-9,13H,6-7,10-11H2,1-4H3. The van der Waals surface area contributed by atoms with Gasteiger partial charge < -0.3 is 4.74 Å². The van der Waals surface area contributed by atoms with Gasteiger partial charge in [-0.25, -0.2) is 0 Å². The molecular weight excluding hydrogens is 196 g/mol. The summed E-state index contributed by atoms with van der Waals surface area (Å²) in [6.07, 6.45) is 12.1. The van der Waals surface area contributed by atoms with Gasteiger partial charge in [-0.05, 0) is 44.9 Å². The summed E-state index contributed by atoms with van der Waals surface area (Å²) < 4.78 is 5.88. The van der Waals surface area contributed by atoms with Gasteiger partial charge in [0.25, 0.3) is 0 Å². The van der Waals surface area contributed by atoms with Gasteiger partial charge in [0, 0.05) is 0 Å². The lowest BCUT2D eigenvalue weighted by Gasteiger charge is -2.19. The SMILES string of the molecule is CC1=CCCC2(C)OC2CC(C)(C)C=CC1. The molecule has 0 aromatic rings. The van der Waals surface area contributed by atoms with E-state index in [-0.39, 0.29) is 11.0 Å². The molecule has 0 aromatic heterocycles. The number of fused-ring (bicyclic) bond motifs is 1. The van der Waals surface area contributed by atoms with Crippen molar-refractivity contribution in [1.82, 2.24) is 0 Å². The van der Waals surface area contributed by atoms with E-state index in [1.165, 1.54) is 12.0 Å². The van der Waals surface area contributed by atoms with Gasteiger partial charge in [0.2, 0.25) is 0 Å². The van der Waals surface area contributed by atoms with Crippen molar-refractivity contribution in [2.24, 2.45) is 5.41 Å². The Balaban J connectivity index is 2.11. The van der Waals surface area contributed by atoms with E-state index in [4.69, 9.17) is 4.74 Å². The molecule has 1 aliphatic heterocycles. The van der Waals surface area contributed by atoms with Gasteiger partial charge in [-0.15, -0.1) is 0 Å². The minimum absolute atomic E-state index is 0.159. The van der Waals surface area contributed by atoms with Crippen molar-refractivity contribution in [2.45, 2.75) is 65.1 Å². The van der Waals surface area contributed by atoms with Crippen LogP contribution in [0.25, 0.3) is 0 Å². The first-order chi connectivity index (χ1) is 7.41. The quantitative estimate of drug-likeness (QED) is 0.439. The summed E-state index contributed by atoms with van der Waals surface area (Å²) in [6.45, 7) is 9.10. The average Bonchev–Trinajstić information content (AvgIpc) is 2.73. The predicted octanol–water partition coefficient (Wildman–Crippen LogP) is 4.25. The molecule has 0 saturated carbocycles. The molecule has 1 fully saturated rings. The second-order valence-corrected chi connectivity index (χ2v) is 6.31. The molecule has 0 amide bonds. The zero-order valence-electron chi connectivity index (χ0n) is 11.0. The third-order valence-electron chi connectivity index (χ3n) is 3.89. The summed E-state index contributed by atoms with van der Waals surface area (Å²) in [5, 5.41) is 0. The highest BCUT2D eigenvalue weighted by Crippen LogP contribution is 2.46. The number of rotatable bonds is 0. The van der Waals surface area contributed by atoms with Crippen molar-refractivity contribution in [2.75, 3.05) is 0 Å². The van der Waals surface area contributed by atoms with E-state index < -0.39 is 0 Å². The third-order valence-corrected chi connectivity index (χ3v) is 3.89. The van der Waals surface area contributed by atoms with Crippen LogP contribution in [0.3, 0.4) is 0 Å². The Morgan fingerprint density at radius 2 is 2.06 bits per heavy atom. The van der Waals surface area contributed by atoms with Crippen molar-refractivity contribution in [3.8, 4) is 0 Å². The van der Waals surface area contributed by atoms with Crippen LogP contribution >= 0.6 is 0 Å². The average molecular weight is 220 g/mol. The fourth-order valence-corrected chi connectivity index (χ4v) is 2.57. The number of ether oxygens (including phenoxy) is 1. The molecule has 90 valence electrons. The second kappa shape index (κ2) is 4.03. The largest absolute Gasteiger partial charge is 0.366 e. The van der Waals surface area contributed by atoms with Crippen molar-refractivity contribution in [3.05, 3.63) is 23.8 Å². The van der Waals surface area contributed by atoms with Crippen LogP contribution in [0.15, 0.2) is 23.8 Å². The van der Waals surface area contributed by atoms with E-state index in [1.54, 1.807) is 0 Å². The fraction of sp³-hybridized carbons (Fsp3) is 0.733. The summed E-state index contributed by atoms with van der Waals surface area (Å²) >= 11 is 0. The molecule has 16 heavy (non-hydrogen) atoms. The van der Waals surface area contributed by atoms with Gasteiger partial charge in [-0.1, -0.05) is 37.6 Å². The molecule has 0 radical (unpaired) electrons. The van der Waals surface area contributed by atoms with E-state index in [1.807, 2.05) is 0 Å². The van der Waals surface area contributed by atoms with Crippen LogP contribution in [0.5, 0.6) is 0 Å². The summed E-state index contributed by atoms with van der Waals surface area (Å²) in [7, 11) is 0. The van der Waals surface area contributed by atoms with Crippen LogP contribution in [0.4, 0.5) is 0 Å². The van der Waals surface area contributed by atoms with Crippen molar-refractivity contribution in [1.29, 1.82) is 0 Å². The smallest absolute Gasteiger partial charge is 0.0923 e. The lowest BCUT2D eigenvalue weighted by molar-refractivity contribution is 0.280. The summed E-state index contributed by atoms with van der Waals surface area (Å²) in [5.74, 6) is 0. The molecule has 0 bridgehead atoms. The molecule has 1 heterocycles. The molecule has 2 aliphatic rings. The van der Waals surface area contributed by atoms with Crippen LogP contribution in [0.1, 0.15) is 53.4 Å². The summed E-state index contributed by atoms with van der Waals surface area (Å²) in [6, 6.07) is 0. The number of hydrogen-bond donors (Lipinski definition) is 0. The fourth-order valence-electron chi connectivity index (χ4n) is 2.57. The van der Waals surface area contributed by atoms with Crippen molar-refractivity contribution < 1.29 is 4.74 Å². The Kier molecular flexibility index (Phi) is 3.00. The Hall–Kier alpha value is -0.560. The predicted molar refractivity (Wildman–Crippen MR) is 68.4 cm³/mol. The lowest BCUT2D eigenvalue weighted by atomic mass is 9.84. The Morgan fingerprint density at radius 1 is 1.31 bits per heavy atom. The highest BCUT2D eigenvalue weighted by atomic mass is 16.6. The van der Waals surface area contributed by atoms with Gasteiger partial charge in [-0.3, -0.25) is 0 Å². The normalized spacial score (nSPS) is 38.2. The topological polar surface area (TPSA) is 12.5 Å². The molecule has 0 N–H and O–H groups in total. The second-order valence-electron chi connectivity index (χ2n) is 6.31. The van der Waals surface area contributed by atoms with Crippen molar-refractivity contribution >= 4 is 0 Å². The third kappa shape index (κ3) is 2.76. The number of allylic oxidation sites excluding steroid dienone is 4. The van der Waals surface area contributed by atoms with E-state index in [0.717, 1.165) is 19.3 Å². The van der Waals surface area contributed by atoms with E-state index in [0.29, 0.717) is 6.10 Å². The first-order valence-electron chi connectivity index (χ1n) is 6.42. The highest BCUT2D eigenvalue weighted by Gasteiger charge is 2.52. The van der Waals surface area contributed by atoms with Crippen LogP contribution in [0.2, 0.25) is 0 Å². The van der Waals surface area contributed by atoms with Gasteiger partial charge in [0.1, 0.15) is 0 Å². The zero-order chi connectivity index (χ0) is 11.8. The molecule has 2 rings (SSSR count). The van der Waals surface area contributed by atoms with Crippen LogP contribution < -0.4 is 0 Å². The zero-order valence-corrected chi connectivity index (χ0v) is 11.0. The van der Waals surface area contributed by atoms with Gasteiger partial charge in [-0.2, -0.15) is 0 Å². The molecule has 2 atom stereocenters. The van der Waals surface area contributed by atoms with Gasteiger partial charge >= 0.3 is 0 Å². The van der Waals surface area contributed by atoms with Gasteiger partial charge in [0.15, 0.2) is 0 Å². The molecular formula is C15H24O. The van der Waals surface area contributed by atoms with Crippen molar-refractivity contribution in [3.63, 3.8) is 0 Å². The maximum absolute atomic E-state index is 5.88. The molecule has 0 spiro atoms. The lowest BCUT2D eigenvalue weighted by Crippen LogP contribution is -2.16. The molecule has 1 heteroatoms. The molecule has 0 aromatic carbocycles. The first-order valence-corrected chi connectivity index (χ1v) is 6.42. The maximum Gasteiger partial charge on any atom is 0.0923 e. The molecule has 1 aliphatic carbocycles. The monoisotopic (exact) mass is 220 g/mol. The molecule has 2 unspecified atom stereocenters. The van der Waals surface area contributed by atoms with Crippen LogP contribution in [-0.4, -0.2) is 11.7 Å². The van der Waals surface area contributed by atoms with E-state index >= 15 is 0 Å². The number of hydrogen-bond acceptors (Lipinski definition) is 1. The molecule has 1 saturated heterocycles. The molecule has 1 nitrogen and oxygen atoms in total. The Morgan fingerprint density at radius 3 is 2.81 bits per heavy atom.